The largest absolute Gasteiger partial charge is 0.385 e. The summed E-state index contributed by atoms with van der Waals surface area (Å²) in [5.74, 6) is 1.07. The maximum Gasteiger partial charge on any atom is 0.110 e. The van der Waals surface area contributed by atoms with E-state index in [2.05, 4.69) is 26.2 Å². The lowest BCUT2D eigenvalue weighted by Crippen LogP contribution is -2.08. The summed E-state index contributed by atoms with van der Waals surface area (Å²) in [4.78, 5) is 4.27. The summed E-state index contributed by atoms with van der Waals surface area (Å²) in [5.41, 5.74) is 1.05. The zero-order chi connectivity index (χ0) is 12.3. The molecule has 0 unspecified atom stereocenters. The number of rotatable bonds is 4. The number of halogens is 2. The van der Waals surface area contributed by atoms with E-state index in [4.69, 9.17) is 11.6 Å². The smallest absolute Gasteiger partial charge is 0.110 e. The zero-order valence-electron chi connectivity index (χ0n) is 9.45. The number of hydrogen-bond donors (Lipinski definition) is 1. The van der Waals surface area contributed by atoms with Crippen LogP contribution in [0.25, 0.3) is 0 Å². The first kappa shape index (κ1) is 12.5. The van der Waals surface area contributed by atoms with Gasteiger partial charge in [-0.1, -0.05) is 11.6 Å². The second-order valence-corrected chi connectivity index (χ2v) is 5.02. The molecule has 2 rings (SSSR count). The standard InChI is InChI=1S/C12H13BrClN3/c1-17-7-6-16-12(17)4-5-15-9-2-3-11(14)10(13)8-9/h2-3,6-8,15H,4-5H2,1H3. The van der Waals surface area contributed by atoms with Crippen molar-refractivity contribution in [1.29, 1.82) is 0 Å². The summed E-state index contributed by atoms with van der Waals surface area (Å²) in [6.45, 7) is 0.846. The molecular weight excluding hydrogens is 302 g/mol. The predicted molar refractivity (Wildman–Crippen MR) is 74.6 cm³/mol. The highest BCUT2D eigenvalue weighted by Crippen LogP contribution is 2.25. The molecule has 0 aliphatic heterocycles. The van der Waals surface area contributed by atoms with Gasteiger partial charge in [-0.15, -0.1) is 0 Å². The highest BCUT2D eigenvalue weighted by Gasteiger charge is 2.00. The van der Waals surface area contributed by atoms with Crippen molar-refractivity contribution in [2.45, 2.75) is 6.42 Å². The lowest BCUT2D eigenvalue weighted by molar-refractivity contribution is 0.789. The number of anilines is 1. The molecule has 0 atom stereocenters. The Labute approximate surface area is 114 Å². The van der Waals surface area contributed by atoms with Gasteiger partial charge in [-0.05, 0) is 34.1 Å². The minimum Gasteiger partial charge on any atom is -0.385 e. The highest BCUT2D eigenvalue weighted by molar-refractivity contribution is 9.10. The van der Waals surface area contributed by atoms with Crippen LogP contribution in [0.3, 0.4) is 0 Å². The molecule has 90 valence electrons. The number of hydrogen-bond acceptors (Lipinski definition) is 2. The van der Waals surface area contributed by atoms with E-state index in [9.17, 15) is 0 Å². The molecule has 1 N–H and O–H groups in total. The Kier molecular flexibility index (Phi) is 4.07. The molecule has 0 bridgehead atoms. The van der Waals surface area contributed by atoms with E-state index in [1.54, 1.807) is 0 Å². The van der Waals surface area contributed by atoms with Crippen LogP contribution in [0.15, 0.2) is 35.1 Å². The minimum atomic E-state index is 0.722. The highest BCUT2D eigenvalue weighted by atomic mass is 79.9. The fraction of sp³-hybridized carbons (Fsp3) is 0.250. The monoisotopic (exact) mass is 313 g/mol. The van der Waals surface area contributed by atoms with Gasteiger partial charge in [0.1, 0.15) is 5.82 Å². The van der Waals surface area contributed by atoms with Crippen LogP contribution < -0.4 is 5.32 Å². The van der Waals surface area contributed by atoms with E-state index in [-0.39, 0.29) is 0 Å². The molecule has 17 heavy (non-hydrogen) atoms. The Hall–Kier alpha value is -1.000. The number of benzene rings is 1. The van der Waals surface area contributed by atoms with Gasteiger partial charge in [0.05, 0.1) is 5.02 Å². The van der Waals surface area contributed by atoms with Crippen LogP contribution in [0.1, 0.15) is 5.82 Å². The Morgan fingerprint density at radius 2 is 2.29 bits per heavy atom. The molecule has 0 fully saturated rings. The van der Waals surface area contributed by atoms with Crippen molar-refractivity contribution < 1.29 is 0 Å². The van der Waals surface area contributed by atoms with Crippen LogP contribution >= 0.6 is 27.5 Å². The van der Waals surface area contributed by atoms with Gasteiger partial charge >= 0.3 is 0 Å². The maximum atomic E-state index is 5.93. The Balaban J connectivity index is 1.90. The van der Waals surface area contributed by atoms with Crippen molar-refractivity contribution in [3.05, 3.63) is 45.9 Å². The molecule has 0 spiro atoms. The van der Waals surface area contributed by atoms with Gasteiger partial charge in [-0.2, -0.15) is 0 Å². The van der Waals surface area contributed by atoms with Crippen LogP contribution in [0.5, 0.6) is 0 Å². The average Bonchev–Trinajstić information content (AvgIpc) is 2.70. The van der Waals surface area contributed by atoms with Gasteiger partial charge in [-0.25, -0.2) is 4.98 Å². The molecule has 1 aromatic carbocycles. The third-order valence-electron chi connectivity index (χ3n) is 2.52. The molecule has 0 amide bonds. The summed E-state index contributed by atoms with van der Waals surface area (Å²) < 4.78 is 2.93. The SMILES string of the molecule is Cn1ccnc1CCNc1ccc(Cl)c(Br)c1. The fourth-order valence-corrected chi connectivity index (χ4v) is 2.06. The van der Waals surface area contributed by atoms with E-state index in [1.165, 1.54) is 0 Å². The summed E-state index contributed by atoms with van der Waals surface area (Å²) in [5, 5.41) is 4.06. The maximum absolute atomic E-state index is 5.93. The third-order valence-corrected chi connectivity index (χ3v) is 3.73. The van der Waals surface area contributed by atoms with Crippen molar-refractivity contribution in [2.75, 3.05) is 11.9 Å². The van der Waals surface area contributed by atoms with Crippen molar-refractivity contribution in [1.82, 2.24) is 9.55 Å². The molecule has 0 aliphatic rings. The summed E-state index contributed by atoms with van der Waals surface area (Å²) in [7, 11) is 2.00. The summed E-state index contributed by atoms with van der Waals surface area (Å²) in [6.07, 6.45) is 4.66. The first-order chi connectivity index (χ1) is 8.16. The van der Waals surface area contributed by atoms with Gasteiger partial charge in [0.25, 0.3) is 0 Å². The molecule has 0 radical (unpaired) electrons. The molecule has 1 heterocycles. The molecular formula is C12H13BrClN3. The van der Waals surface area contributed by atoms with Crippen LogP contribution in [0.2, 0.25) is 5.02 Å². The van der Waals surface area contributed by atoms with E-state index in [1.807, 2.05) is 42.2 Å². The fourth-order valence-electron chi connectivity index (χ4n) is 1.56. The van der Waals surface area contributed by atoms with Crippen molar-refractivity contribution in [3.8, 4) is 0 Å². The van der Waals surface area contributed by atoms with Crippen LogP contribution in [-0.2, 0) is 13.5 Å². The van der Waals surface area contributed by atoms with Gasteiger partial charge in [0, 0.05) is 42.6 Å². The van der Waals surface area contributed by atoms with Crippen LogP contribution in [0, 0.1) is 0 Å². The lowest BCUT2D eigenvalue weighted by Gasteiger charge is -2.07. The first-order valence-electron chi connectivity index (χ1n) is 5.32. The number of nitrogens with one attached hydrogen (secondary N) is 1. The topological polar surface area (TPSA) is 29.9 Å². The summed E-state index contributed by atoms with van der Waals surface area (Å²) >= 11 is 9.33. The van der Waals surface area contributed by atoms with E-state index in [0.29, 0.717) is 0 Å². The molecule has 5 heteroatoms. The Bertz CT molecular complexity index is 510. The van der Waals surface area contributed by atoms with Gasteiger partial charge in [0.15, 0.2) is 0 Å². The molecule has 1 aromatic heterocycles. The zero-order valence-corrected chi connectivity index (χ0v) is 11.8. The van der Waals surface area contributed by atoms with E-state index < -0.39 is 0 Å². The molecule has 0 aliphatic carbocycles. The van der Waals surface area contributed by atoms with Crippen LogP contribution in [-0.4, -0.2) is 16.1 Å². The predicted octanol–water partition coefficient (Wildman–Crippen LogP) is 3.49. The molecule has 0 saturated heterocycles. The van der Waals surface area contributed by atoms with Crippen molar-refractivity contribution in [2.24, 2.45) is 7.05 Å². The molecule has 0 saturated carbocycles. The number of aryl methyl sites for hydroxylation is 1. The van der Waals surface area contributed by atoms with Crippen molar-refractivity contribution >= 4 is 33.2 Å². The van der Waals surface area contributed by atoms with E-state index >= 15 is 0 Å². The second kappa shape index (κ2) is 5.56. The van der Waals surface area contributed by atoms with Gasteiger partial charge in [-0.3, -0.25) is 0 Å². The van der Waals surface area contributed by atoms with Gasteiger partial charge < -0.3 is 9.88 Å². The number of aromatic nitrogens is 2. The first-order valence-corrected chi connectivity index (χ1v) is 6.49. The third kappa shape index (κ3) is 3.23. The van der Waals surface area contributed by atoms with Gasteiger partial charge in [0.2, 0.25) is 0 Å². The Morgan fingerprint density at radius 1 is 1.47 bits per heavy atom. The average molecular weight is 315 g/mol. The summed E-state index contributed by atoms with van der Waals surface area (Å²) in [6, 6.07) is 5.81. The number of imidazole rings is 1. The van der Waals surface area contributed by atoms with E-state index in [0.717, 1.165) is 34.0 Å². The van der Waals surface area contributed by atoms with Crippen molar-refractivity contribution in [3.63, 3.8) is 0 Å². The quantitative estimate of drug-likeness (QED) is 0.936. The molecule has 3 nitrogen and oxygen atoms in total. The lowest BCUT2D eigenvalue weighted by atomic mass is 10.3. The molecule has 2 aromatic rings. The second-order valence-electron chi connectivity index (χ2n) is 3.76. The Morgan fingerprint density at radius 3 is 2.94 bits per heavy atom. The van der Waals surface area contributed by atoms with Crippen LogP contribution in [0.4, 0.5) is 5.69 Å². The normalized spacial score (nSPS) is 10.5. The minimum absolute atomic E-state index is 0.722. The number of nitrogens with zero attached hydrogens (tertiary/aromatic N) is 2.